The predicted octanol–water partition coefficient (Wildman–Crippen LogP) is 3.90. The average molecular weight is 224 g/mol. The van der Waals surface area contributed by atoms with Gasteiger partial charge in [0.05, 0.1) is 5.54 Å². The van der Waals surface area contributed by atoms with Gasteiger partial charge < -0.3 is 5.43 Å². The molecule has 0 saturated heterocycles. The monoisotopic (exact) mass is 224 g/mol. The van der Waals surface area contributed by atoms with Crippen LogP contribution in [0.5, 0.6) is 0 Å². The van der Waals surface area contributed by atoms with Crippen LogP contribution in [-0.4, -0.2) is 5.54 Å². The second kappa shape index (κ2) is 6.95. The van der Waals surface area contributed by atoms with E-state index in [9.17, 15) is 0 Å². The molecule has 0 aromatic heterocycles. The second-order valence-electron chi connectivity index (χ2n) is 5.51. The van der Waals surface area contributed by atoms with Gasteiger partial charge in [-0.2, -0.15) is 0 Å². The summed E-state index contributed by atoms with van der Waals surface area (Å²) in [6.07, 6.45) is 13.2. The minimum absolute atomic E-state index is 0.135. The minimum Gasteiger partial charge on any atom is -0.325 e. The standard InChI is InChI=1S/C14H28N2/c1-4-5-6-7-8-9-10-11-13-12-14(2,3)16-15-13/h12,15-16H,4-11H2,1-3H3. The molecule has 16 heavy (non-hydrogen) atoms. The van der Waals surface area contributed by atoms with Crippen molar-refractivity contribution in [3.05, 3.63) is 11.8 Å². The summed E-state index contributed by atoms with van der Waals surface area (Å²) in [5.74, 6) is 0. The zero-order valence-electron chi connectivity index (χ0n) is 11.2. The van der Waals surface area contributed by atoms with Crippen LogP contribution >= 0.6 is 0 Å². The Kier molecular flexibility index (Phi) is 5.89. The van der Waals surface area contributed by atoms with Gasteiger partial charge in [0, 0.05) is 5.70 Å². The van der Waals surface area contributed by atoms with E-state index >= 15 is 0 Å². The quantitative estimate of drug-likeness (QED) is 0.611. The van der Waals surface area contributed by atoms with Gasteiger partial charge in [0.15, 0.2) is 0 Å². The van der Waals surface area contributed by atoms with Gasteiger partial charge in [-0.05, 0) is 32.8 Å². The number of hydrazine groups is 1. The molecule has 1 heterocycles. The lowest BCUT2D eigenvalue weighted by molar-refractivity contribution is 0.464. The van der Waals surface area contributed by atoms with E-state index in [2.05, 4.69) is 37.7 Å². The highest BCUT2D eigenvalue weighted by Crippen LogP contribution is 2.17. The molecule has 0 aromatic carbocycles. The molecule has 0 atom stereocenters. The fraction of sp³-hybridized carbons (Fsp3) is 0.857. The zero-order chi connectivity index (χ0) is 11.9. The third-order valence-electron chi connectivity index (χ3n) is 3.13. The van der Waals surface area contributed by atoms with Crippen molar-refractivity contribution in [2.45, 2.75) is 77.7 Å². The summed E-state index contributed by atoms with van der Waals surface area (Å²) in [7, 11) is 0. The molecule has 0 radical (unpaired) electrons. The molecule has 2 heteroatoms. The summed E-state index contributed by atoms with van der Waals surface area (Å²) in [6.45, 7) is 6.66. The number of hydrogen-bond acceptors (Lipinski definition) is 2. The van der Waals surface area contributed by atoms with E-state index in [-0.39, 0.29) is 5.54 Å². The second-order valence-corrected chi connectivity index (χ2v) is 5.51. The van der Waals surface area contributed by atoms with Crippen LogP contribution in [0.25, 0.3) is 0 Å². The van der Waals surface area contributed by atoms with Crippen molar-refractivity contribution in [1.82, 2.24) is 10.9 Å². The molecule has 2 nitrogen and oxygen atoms in total. The van der Waals surface area contributed by atoms with Crippen molar-refractivity contribution in [2.24, 2.45) is 0 Å². The summed E-state index contributed by atoms with van der Waals surface area (Å²) in [6, 6.07) is 0. The van der Waals surface area contributed by atoms with Gasteiger partial charge in [0.2, 0.25) is 0 Å². The Balaban J connectivity index is 1.96. The first kappa shape index (κ1) is 13.6. The highest BCUT2D eigenvalue weighted by atomic mass is 15.4. The van der Waals surface area contributed by atoms with Crippen molar-refractivity contribution in [3.8, 4) is 0 Å². The molecule has 0 amide bonds. The Morgan fingerprint density at radius 2 is 1.62 bits per heavy atom. The molecule has 1 aliphatic rings. The summed E-state index contributed by atoms with van der Waals surface area (Å²) in [4.78, 5) is 0. The van der Waals surface area contributed by atoms with Gasteiger partial charge in [-0.1, -0.05) is 45.4 Å². The van der Waals surface area contributed by atoms with E-state index in [1.54, 1.807) is 0 Å². The minimum atomic E-state index is 0.135. The van der Waals surface area contributed by atoms with Crippen LogP contribution in [0.4, 0.5) is 0 Å². The number of rotatable bonds is 8. The van der Waals surface area contributed by atoms with Crippen LogP contribution in [0.3, 0.4) is 0 Å². The fourth-order valence-corrected chi connectivity index (χ4v) is 2.16. The Bertz CT molecular complexity index is 219. The van der Waals surface area contributed by atoms with Gasteiger partial charge in [-0.15, -0.1) is 0 Å². The highest BCUT2D eigenvalue weighted by molar-refractivity contribution is 5.15. The average Bonchev–Trinajstić information content (AvgIpc) is 2.57. The largest absolute Gasteiger partial charge is 0.325 e. The molecule has 0 spiro atoms. The molecule has 1 aliphatic heterocycles. The molecule has 94 valence electrons. The van der Waals surface area contributed by atoms with Crippen molar-refractivity contribution in [1.29, 1.82) is 0 Å². The summed E-state index contributed by atoms with van der Waals surface area (Å²) in [5, 5.41) is 0. The lowest BCUT2D eigenvalue weighted by atomic mass is 10.0. The molecule has 0 aromatic rings. The topological polar surface area (TPSA) is 24.1 Å². The molecule has 1 rings (SSSR count). The maximum atomic E-state index is 3.27. The third-order valence-corrected chi connectivity index (χ3v) is 3.13. The summed E-state index contributed by atoms with van der Waals surface area (Å²) >= 11 is 0. The van der Waals surface area contributed by atoms with Crippen LogP contribution in [0.15, 0.2) is 11.8 Å². The van der Waals surface area contributed by atoms with Gasteiger partial charge in [0.1, 0.15) is 0 Å². The molecular formula is C14H28N2. The van der Waals surface area contributed by atoms with Crippen LogP contribution in [0, 0.1) is 0 Å². The molecule has 0 unspecified atom stereocenters. The smallest absolute Gasteiger partial charge is 0.0513 e. The van der Waals surface area contributed by atoms with Crippen LogP contribution in [-0.2, 0) is 0 Å². The van der Waals surface area contributed by atoms with E-state index < -0.39 is 0 Å². The van der Waals surface area contributed by atoms with E-state index in [4.69, 9.17) is 0 Å². The normalized spacial score (nSPS) is 18.3. The van der Waals surface area contributed by atoms with Gasteiger partial charge in [0.25, 0.3) is 0 Å². The Labute approximate surface area is 101 Å². The first-order valence-corrected chi connectivity index (χ1v) is 6.89. The van der Waals surface area contributed by atoms with E-state index in [1.165, 1.54) is 57.1 Å². The molecule has 0 aliphatic carbocycles. The van der Waals surface area contributed by atoms with Crippen LogP contribution in [0.1, 0.15) is 72.1 Å². The third kappa shape index (κ3) is 5.55. The lowest BCUT2D eigenvalue weighted by Gasteiger charge is -2.13. The molecule has 0 bridgehead atoms. The fourth-order valence-electron chi connectivity index (χ4n) is 2.16. The summed E-state index contributed by atoms with van der Waals surface area (Å²) < 4.78 is 0. The maximum absolute atomic E-state index is 3.27. The van der Waals surface area contributed by atoms with E-state index in [0.717, 1.165) is 0 Å². The Hall–Kier alpha value is -0.500. The van der Waals surface area contributed by atoms with Gasteiger partial charge in [-0.25, -0.2) is 5.43 Å². The van der Waals surface area contributed by atoms with Gasteiger partial charge in [-0.3, -0.25) is 0 Å². The van der Waals surface area contributed by atoms with E-state index in [0.29, 0.717) is 0 Å². The number of allylic oxidation sites excluding steroid dienone is 1. The van der Waals surface area contributed by atoms with Crippen molar-refractivity contribution >= 4 is 0 Å². The summed E-state index contributed by atoms with van der Waals surface area (Å²) in [5.41, 5.74) is 8.05. The Morgan fingerprint density at radius 1 is 1.00 bits per heavy atom. The number of unbranched alkanes of at least 4 members (excludes halogenated alkanes) is 6. The SMILES string of the molecule is CCCCCCCCCC1=CC(C)(C)NN1. The van der Waals surface area contributed by atoms with E-state index in [1.807, 2.05) is 0 Å². The maximum Gasteiger partial charge on any atom is 0.0513 e. The molecular weight excluding hydrogens is 196 g/mol. The highest BCUT2D eigenvalue weighted by Gasteiger charge is 2.20. The van der Waals surface area contributed by atoms with Gasteiger partial charge >= 0.3 is 0 Å². The molecule has 0 fully saturated rings. The molecule has 0 saturated carbocycles. The zero-order valence-corrected chi connectivity index (χ0v) is 11.2. The lowest BCUT2D eigenvalue weighted by Crippen LogP contribution is -2.39. The first-order valence-electron chi connectivity index (χ1n) is 6.89. The van der Waals surface area contributed by atoms with Crippen molar-refractivity contribution < 1.29 is 0 Å². The Morgan fingerprint density at radius 3 is 2.19 bits per heavy atom. The number of hydrogen-bond donors (Lipinski definition) is 2. The number of nitrogens with one attached hydrogen (secondary N) is 2. The van der Waals surface area contributed by atoms with Crippen LogP contribution < -0.4 is 10.9 Å². The van der Waals surface area contributed by atoms with Crippen LogP contribution in [0.2, 0.25) is 0 Å². The molecule has 2 N–H and O–H groups in total. The van der Waals surface area contributed by atoms with Crippen molar-refractivity contribution in [3.63, 3.8) is 0 Å². The van der Waals surface area contributed by atoms with Crippen molar-refractivity contribution in [2.75, 3.05) is 0 Å². The first-order chi connectivity index (χ1) is 7.64. The predicted molar refractivity (Wildman–Crippen MR) is 71.0 cm³/mol.